The van der Waals surface area contributed by atoms with Crippen LogP contribution in [0.15, 0.2) is 53.6 Å². The largest absolute Gasteiger partial charge is 0.497 e. The van der Waals surface area contributed by atoms with Gasteiger partial charge in [0.1, 0.15) is 16.5 Å². The van der Waals surface area contributed by atoms with E-state index in [0.717, 1.165) is 47.4 Å². The highest BCUT2D eigenvalue weighted by Gasteiger charge is 2.27. The van der Waals surface area contributed by atoms with Crippen molar-refractivity contribution in [1.29, 1.82) is 0 Å². The summed E-state index contributed by atoms with van der Waals surface area (Å²) in [5, 5.41) is 7.38. The summed E-state index contributed by atoms with van der Waals surface area (Å²) in [5.41, 5.74) is 5.11. The lowest BCUT2D eigenvalue weighted by Crippen LogP contribution is -2.33. The van der Waals surface area contributed by atoms with Gasteiger partial charge >= 0.3 is 5.97 Å². The first-order valence-electron chi connectivity index (χ1n) is 12.8. The fourth-order valence-corrected chi connectivity index (χ4v) is 5.41. The van der Waals surface area contributed by atoms with Crippen molar-refractivity contribution in [2.75, 3.05) is 19.0 Å². The summed E-state index contributed by atoms with van der Waals surface area (Å²) >= 11 is 1.44. The second-order valence-electron chi connectivity index (χ2n) is 8.88. The maximum Gasteiger partial charge on any atom is 0.341 e. The van der Waals surface area contributed by atoms with E-state index in [4.69, 9.17) is 14.2 Å². The zero-order valence-electron chi connectivity index (χ0n) is 22.1. The molecule has 39 heavy (non-hydrogen) atoms. The van der Waals surface area contributed by atoms with Crippen molar-refractivity contribution in [2.45, 2.75) is 45.6 Å². The molecule has 0 spiro atoms. The van der Waals surface area contributed by atoms with Crippen LogP contribution in [-0.2, 0) is 22.4 Å². The Bertz CT molecular complexity index is 1350. The molecular formula is C29H31N3O6S. The number of hydrogen-bond acceptors (Lipinski definition) is 8. The average molecular weight is 550 g/mol. The molecule has 0 unspecified atom stereocenters. The molecule has 0 saturated carbocycles. The molecule has 0 saturated heterocycles. The lowest BCUT2D eigenvalue weighted by Gasteiger charge is -2.13. The molecule has 2 amide bonds. The summed E-state index contributed by atoms with van der Waals surface area (Å²) in [6, 6.07) is 13.7. The Kier molecular flexibility index (Phi) is 9.32. The number of benzene rings is 2. The molecule has 1 heterocycles. The average Bonchev–Trinajstić information content (AvgIpc) is 3.31. The molecule has 3 aromatic rings. The van der Waals surface area contributed by atoms with E-state index in [1.165, 1.54) is 17.6 Å². The van der Waals surface area contributed by atoms with Gasteiger partial charge in [0.15, 0.2) is 6.10 Å². The number of methoxy groups -OCH3 is 1. The van der Waals surface area contributed by atoms with Crippen LogP contribution in [0.4, 0.5) is 5.00 Å². The van der Waals surface area contributed by atoms with Crippen LogP contribution in [0.3, 0.4) is 0 Å². The van der Waals surface area contributed by atoms with Gasteiger partial charge < -0.3 is 19.5 Å². The van der Waals surface area contributed by atoms with Gasteiger partial charge in [0.2, 0.25) is 0 Å². The number of nitrogens with one attached hydrogen (secondary N) is 2. The second kappa shape index (κ2) is 13.1. The highest BCUT2D eigenvalue weighted by Crippen LogP contribution is 2.38. The Morgan fingerprint density at radius 2 is 1.72 bits per heavy atom. The zero-order chi connectivity index (χ0) is 27.8. The minimum atomic E-state index is -0.817. The predicted molar refractivity (Wildman–Crippen MR) is 150 cm³/mol. The molecule has 0 fully saturated rings. The van der Waals surface area contributed by atoms with E-state index >= 15 is 0 Å². The van der Waals surface area contributed by atoms with Gasteiger partial charge in [0.05, 0.1) is 25.5 Å². The van der Waals surface area contributed by atoms with Crippen molar-refractivity contribution in [2.24, 2.45) is 5.10 Å². The minimum absolute atomic E-state index is 0.268. The number of anilines is 1. The standard InChI is InChI=1S/C29H31N3O6S/c1-4-37-29(35)25-23-7-5-6-8-24(23)39-28(25)31-27(34)20-11-15-22(16-12-20)38-18(2)26(33)32-30-17-19-9-13-21(36-3)14-10-19/h9-18H,4-8H2,1-3H3,(H,31,34)(H,32,33)/b30-17-/t18-/m1/s1. The summed E-state index contributed by atoms with van der Waals surface area (Å²) in [5.74, 6) is -0.0175. The quantitative estimate of drug-likeness (QED) is 0.209. The van der Waals surface area contributed by atoms with E-state index in [9.17, 15) is 14.4 Å². The smallest absolute Gasteiger partial charge is 0.341 e. The maximum atomic E-state index is 13.0. The van der Waals surface area contributed by atoms with Crippen LogP contribution in [0.2, 0.25) is 0 Å². The lowest BCUT2D eigenvalue weighted by atomic mass is 9.95. The second-order valence-corrected chi connectivity index (χ2v) is 9.99. The van der Waals surface area contributed by atoms with Gasteiger partial charge in [-0.1, -0.05) is 0 Å². The summed E-state index contributed by atoms with van der Waals surface area (Å²) < 4.78 is 16.1. The lowest BCUT2D eigenvalue weighted by molar-refractivity contribution is -0.127. The van der Waals surface area contributed by atoms with Crippen LogP contribution in [0.25, 0.3) is 0 Å². The van der Waals surface area contributed by atoms with Crippen LogP contribution in [0.5, 0.6) is 11.5 Å². The third-order valence-electron chi connectivity index (χ3n) is 6.18. The summed E-state index contributed by atoms with van der Waals surface area (Å²) in [6.45, 7) is 3.64. The van der Waals surface area contributed by atoms with Gasteiger partial charge in [-0.3, -0.25) is 9.59 Å². The number of carbonyl (C=O) groups excluding carboxylic acids is 3. The Labute approximate surface area is 231 Å². The molecule has 1 aromatic heterocycles. The predicted octanol–water partition coefficient (Wildman–Crippen LogP) is 4.98. The van der Waals surface area contributed by atoms with Crippen molar-refractivity contribution >= 4 is 40.3 Å². The Balaban J connectivity index is 1.35. The van der Waals surface area contributed by atoms with Crippen molar-refractivity contribution in [1.82, 2.24) is 5.43 Å². The number of ether oxygens (including phenoxy) is 3. The Morgan fingerprint density at radius 1 is 1.03 bits per heavy atom. The number of esters is 1. The molecule has 4 rings (SSSR count). The molecule has 10 heteroatoms. The number of amides is 2. The molecule has 1 atom stereocenters. The van der Waals surface area contributed by atoms with E-state index in [0.29, 0.717) is 21.9 Å². The van der Waals surface area contributed by atoms with Gasteiger partial charge in [0, 0.05) is 10.4 Å². The highest BCUT2D eigenvalue weighted by atomic mass is 32.1. The first-order valence-corrected chi connectivity index (χ1v) is 13.6. The van der Waals surface area contributed by atoms with E-state index in [1.54, 1.807) is 57.4 Å². The van der Waals surface area contributed by atoms with Crippen molar-refractivity contribution < 1.29 is 28.6 Å². The van der Waals surface area contributed by atoms with Crippen LogP contribution in [0, 0.1) is 0 Å². The van der Waals surface area contributed by atoms with Gasteiger partial charge in [-0.25, -0.2) is 10.2 Å². The van der Waals surface area contributed by atoms with Crippen LogP contribution < -0.4 is 20.2 Å². The molecule has 1 aliphatic rings. The number of rotatable bonds is 10. The van der Waals surface area contributed by atoms with Gasteiger partial charge in [-0.05, 0) is 99.2 Å². The molecule has 9 nitrogen and oxygen atoms in total. The van der Waals surface area contributed by atoms with E-state index in [1.807, 2.05) is 12.1 Å². The zero-order valence-corrected chi connectivity index (χ0v) is 22.9. The highest BCUT2D eigenvalue weighted by molar-refractivity contribution is 7.17. The number of hydrazone groups is 1. The Hall–Kier alpha value is -4.18. The molecule has 1 aliphatic carbocycles. The molecule has 2 N–H and O–H groups in total. The molecule has 2 aromatic carbocycles. The number of hydrogen-bond donors (Lipinski definition) is 2. The van der Waals surface area contributed by atoms with Crippen LogP contribution in [0.1, 0.15) is 63.4 Å². The van der Waals surface area contributed by atoms with Crippen molar-refractivity contribution in [3.8, 4) is 11.5 Å². The monoisotopic (exact) mass is 549 g/mol. The number of fused-ring (bicyclic) bond motifs is 1. The molecular weight excluding hydrogens is 518 g/mol. The minimum Gasteiger partial charge on any atom is -0.497 e. The SMILES string of the molecule is CCOC(=O)c1c(NC(=O)c2ccc(O[C@H](C)C(=O)N/N=C\c3ccc(OC)cc3)cc2)sc2c1CCCC2. The topological polar surface area (TPSA) is 115 Å². The van der Waals surface area contributed by atoms with E-state index < -0.39 is 18.0 Å². The van der Waals surface area contributed by atoms with Gasteiger partial charge in [-0.2, -0.15) is 5.10 Å². The third-order valence-corrected chi connectivity index (χ3v) is 7.39. The summed E-state index contributed by atoms with van der Waals surface area (Å²) in [6.07, 6.45) is 4.48. The van der Waals surface area contributed by atoms with Crippen LogP contribution in [-0.4, -0.2) is 43.8 Å². The van der Waals surface area contributed by atoms with Crippen molar-refractivity contribution in [3.05, 3.63) is 75.7 Å². The number of nitrogens with zero attached hydrogens (tertiary/aromatic N) is 1. The summed E-state index contributed by atoms with van der Waals surface area (Å²) in [7, 11) is 1.59. The van der Waals surface area contributed by atoms with Gasteiger partial charge in [0.25, 0.3) is 11.8 Å². The third kappa shape index (κ3) is 7.02. The van der Waals surface area contributed by atoms with Crippen LogP contribution >= 0.6 is 11.3 Å². The Morgan fingerprint density at radius 3 is 2.41 bits per heavy atom. The molecule has 0 bridgehead atoms. The number of thiophene rings is 1. The fourth-order valence-electron chi connectivity index (χ4n) is 4.14. The molecule has 0 radical (unpaired) electrons. The van der Waals surface area contributed by atoms with E-state index in [-0.39, 0.29) is 12.5 Å². The number of carbonyl (C=O) groups is 3. The fraction of sp³-hybridized carbons (Fsp3) is 0.310. The molecule has 204 valence electrons. The summed E-state index contributed by atoms with van der Waals surface area (Å²) in [4.78, 5) is 39.1. The van der Waals surface area contributed by atoms with E-state index in [2.05, 4.69) is 15.8 Å². The van der Waals surface area contributed by atoms with Gasteiger partial charge in [-0.15, -0.1) is 11.3 Å². The maximum absolute atomic E-state index is 13.0. The van der Waals surface area contributed by atoms with Crippen molar-refractivity contribution in [3.63, 3.8) is 0 Å². The first-order chi connectivity index (χ1) is 18.9. The first kappa shape index (κ1) is 27.8. The molecule has 0 aliphatic heterocycles. The number of aryl methyl sites for hydroxylation is 1. The normalized spacial score (nSPS) is 13.3.